The number of nitrogens with one attached hydrogen (secondary N) is 2. The van der Waals surface area contributed by atoms with Gasteiger partial charge in [0.25, 0.3) is 0 Å². The zero-order valence-electron chi connectivity index (χ0n) is 16.8. The Labute approximate surface area is 170 Å². The normalized spacial score (nSPS) is 16.2. The summed E-state index contributed by atoms with van der Waals surface area (Å²) in [6, 6.07) is 8.23. The summed E-state index contributed by atoms with van der Waals surface area (Å²) in [4.78, 5) is 20.2. The third-order valence-corrected chi connectivity index (χ3v) is 4.98. The quantitative estimate of drug-likeness (QED) is 0.514. The van der Waals surface area contributed by atoms with Gasteiger partial charge in [-0.3, -0.25) is 0 Å². The van der Waals surface area contributed by atoms with Crippen molar-refractivity contribution in [2.75, 3.05) is 11.1 Å². The van der Waals surface area contributed by atoms with E-state index in [2.05, 4.69) is 41.3 Å². The van der Waals surface area contributed by atoms with Crippen LogP contribution in [0, 0.1) is 4.77 Å². The number of hydrogen-bond acceptors (Lipinski definition) is 6. The number of carbonyl (C=O) groups excluding carboxylic acids is 1. The Kier molecular flexibility index (Phi) is 5.56. The van der Waals surface area contributed by atoms with Crippen molar-refractivity contribution >= 4 is 29.8 Å². The van der Waals surface area contributed by atoms with E-state index in [0.717, 1.165) is 5.56 Å². The van der Waals surface area contributed by atoms with Crippen molar-refractivity contribution in [2.45, 2.75) is 52.6 Å². The Morgan fingerprint density at radius 3 is 2.43 bits per heavy atom. The highest BCUT2D eigenvalue weighted by atomic mass is 32.1. The number of ether oxygens (including phenoxy) is 1. The molecule has 4 N–H and O–H groups in total. The van der Waals surface area contributed by atoms with E-state index in [0.29, 0.717) is 39.2 Å². The molecule has 1 aliphatic rings. The first-order valence-corrected chi connectivity index (χ1v) is 9.78. The van der Waals surface area contributed by atoms with Gasteiger partial charge in [-0.05, 0) is 50.0 Å². The van der Waals surface area contributed by atoms with Crippen molar-refractivity contribution in [3.8, 4) is 0 Å². The average molecular weight is 399 g/mol. The Morgan fingerprint density at radius 1 is 1.21 bits per heavy atom. The monoisotopic (exact) mass is 398 g/mol. The molecule has 0 fully saturated rings. The molecular weight excluding hydrogens is 372 g/mol. The Hall–Kier alpha value is -2.67. The maximum atomic E-state index is 13.0. The summed E-state index contributed by atoms with van der Waals surface area (Å²) in [5.41, 5.74) is 10.4. The van der Waals surface area contributed by atoms with E-state index in [4.69, 9.17) is 22.7 Å². The molecule has 0 radical (unpaired) electrons. The molecule has 2 heterocycles. The highest BCUT2D eigenvalue weighted by molar-refractivity contribution is 7.71. The van der Waals surface area contributed by atoms with E-state index >= 15 is 0 Å². The highest BCUT2D eigenvalue weighted by Gasteiger charge is 2.36. The zero-order chi connectivity index (χ0) is 20.6. The molecule has 148 valence electrons. The Bertz CT molecular complexity index is 990. The first kappa shape index (κ1) is 20.1. The number of H-pyrrole nitrogens is 1. The van der Waals surface area contributed by atoms with Gasteiger partial charge in [0.1, 0.15) is 11.6 Å². The summed E-state index contributed by atoms with van der Waals surface area (Å²) < 4.78 is 5.81. The minimum atomic E-state index is -0.400. The first-order chi connectivity index (χ1) is 13.2. The van der Waals surface area contributed by atoms with Crippen LogP contribution in [-0.4, -0.2) is 22.0 Å². The number of esters is 1. The van der Waals surface area contributed by atoms with Crippen molar-refractivity contribution in [1.82, 2.24) is 9.97 Å². The van der Waals surface area contributed by atoms with E-state index < -0.39 is 5.92 Å². The van der Waals surface area contributed by atoms with Gasteiger partial charge in [0.05, 0.1) is 17.6 Å². The molecule has 0 saturated carbocycles. The molecule has 1 unspecified atom stereocenters. The molecule has 1 aliphatic heterocycles. The molecule has 0 saturated heterocycles. The van der Waals surface area contributed by atoms with Gasteiger partial charge in [0, 0.05) is 11.3 Å². The second-order valence-corrected chi connectivity index (χ2v) is 7.98. The smallest absolute Gasteiger partial charge is 0.337 e. The molecule has 0 spiro atoms. The summed E-state index contributed by atoms with van der Waals surface area (Å²) >= 11 is 5.17. The summed E-state index contributed by atoms with van der Waals surface area (Å²) in [6.45, 7) is 9.79. The molecule has 6 nitrogen and oxygen atoms in total. The highest BCUT2D eigenvalue weighted by Crippen LogP contribution is 2.43. The van der Waals surface area contributed by atoms with E-state index in [1.54, 1.807) is 0 Å². The van der Waals surface area contributed by atoms with Crippen LogP contribution in [0.2, 0.25) is 0 Å². The third kappa shape index (κ3) is 3.80. The number of fused-ring (bicyclic) bond motifs is 1. The Balaban J connectivity index is 2.20. The Morgan fingerprint density at radius 2 is 1.86 bits per heavy atom. The van der Waals surface area contributed by atoms with Gasteiger partial charge < -0.3 is 20.8 Å². The molecule has 3 rings (SSSR count). The molecule has 0 aliphatic carbocycles. The van der Waals surface area contributed by atoms with Crippen LogP contribution >= 0.6 is 12.2 Å². The number of nitrogens with two attached hydrogens (primary N) is 1. The SMILES string of the molecule is CC1=C(C(=O)OC(C)C)C(c2ccc(C(C)C)cc2)c2c(nc(=S)[nH]c2N)N1. The molecule has 0 bridgehead atoms. The fourth-order valence-corrected chi connectivity index (χ4v) is 3.65. The maximum Gasteiger partial charge on any atom is 0.337 e. The van der Waals surface area contributed by atoms with Crippen LogP contribution in [0.3, 0.4) is 0 Å². The molecule has 1 aromatic carbocycles. The lowest BCUT2D eigenvalue weighted by Crippen LogP contribution is -2.27. The predicted molar refractivity (Wildman–Crippen MR) is 114 cm³/mol. The molecule has 7 heteroatoms. The lowest BCUT2D eigenvalue weighted by molar-refractivity contribution is -0.142. The van der Waals surface area contributed by atoms with Crippen LogP contribution in [0.4, 0.5) is 11.6 Å². The molecule has 1 atom stereocenters. The van der Waals surface area contributed by atoms with E-state index in [1.165, 1.54) is 5.56 Å². The number of aromatic amines is 1. The van der Waals surface area contributed by atoms with Crippen LogP contribution in [0.5, 0.6) is 0 Å². The summed E-state index contributed by atoms with van der Waals surface area (Å²) in [5.74, 6) is 0.605. The second kappa shape index (κ2) is 7.75. The number of benzene rings is 1. The number of carbonyl (C=O) groups is 1. The largest absolute Gasteiger partial charge is 0.460 e. The molecule has 1 aromatic heterocycles. The lowest BCUT2D eigenvalue weighted by atomic mass is 9.81. The number of nitrogen functional groups attached to an aromatic ring is 1. The van der Waals surface area contributed by atoms with Crippen LogP contribution < -0.4 is 11.1 Å². The van der Waals surface area contributed by atoms with E-state index in [9.17, 15) is 4.79 Å². The lowest BCUT2D eigenvalue weighted by Gasteiger charge is -2.30. The number of hydrogen-bond donors (Lipinski definition) is 3. The summed E-state index contributed by atoms with van der Waals surface area (Å²) in [7, 11) is 0. The fraction of sp³-hybridized carbons (Fsp3) is 0.381. The maximum absolute atomic E-state index is 13.0. The van der Waals surface area contributed by atoms with Gasteiger partial charge in [-0.25, -0.2) is 9.78 Å². The summed E-state index contributed by atoms with van der Waals surface area (Å²) in [6.07, 6.45) is -0.227. The topological polar surface area (TPSA) is 93.0 Å². The predicted octanol–water partition coefficient (Wildman–Crippen LogP) is 4.63. The van der Waals surface area contributed by atoms with Crippen molar-refractivity contribution in [3.63, 3.8) is 0 Å². The number of allylic oxidation sites excluding steroid dienone is 1. The van der Waals surface area contributed by atoms with Crippen molar-refractivity contribution < 1.29 is 9.53 Å². The second-order valence-electron chi connectivity index (χ2n) is 7.59. The molecular formula is C21H26N4O2S. The van der Waals surface area contributed by atoms with Crippen molar-refractivity contribution in [2.24, 2.45) is 0 Å². The van der Waals surface area contributed by atoms with Gasteiger partial charge in [0.15, 0.2) is 4.77 Å². The van der Waals surface area contributed by atoms with Crippen LogP contribution in [0.25, 0.3) is 0 Å². The van der Waals surface area contributed by atoms with Gasteiger partial charge in [-0.15, -0.1) is 0 Å². The fourth-order valence-electron chi connectivity index (χ4n) is 3.45. The van der Waals surface area contributed by atoms with Gasteiger partial charge in [-0.1, -0.05) is 38.1 Å². The summed E-state index contributed by atoms with van der Waals surface area (Å²) in [5, 5.41) is 3.18. The standard InChI is InChI=1S/C21H26N4O2S/c1-10(2)13-6-8-14(9-7-13)16-15(20(26)27-11(3)4)12(5)23-19-17(16)18(22)24-21(28)25-19/h6-11,16H,1-5H3,(H4,22,23,24,25,28). The van der Waals surface area contributed by atoms with Gasteiger partial charge in [0.2, 0.25) is 0 Å². The molecule has 28 heavy (non-hydrogen) atoms. The van der Waals surface area contributed by atoms with Crippen molar-refractivity contribution in [3.05, 3.63) is 57.0 Å². The van der Waals surface area contributed by atoms with Crippen molar-refractivity contribution in [1.29, 1.82) is 0 Å². The van der Waals surface area contributed by atoms with Gasteiger partial charge >= 0.3 is 5.97 Å². The number of rotatable bonds is 4. The number of nitrogens with zero attached hydrogens (tertiary/aromatic N) is 1. The minimum Gasteiger partial charge on any atom is -0.460 e. The average Bonchev–Trinajstić information content (AvgIpc) is 2.59. The van der Waals surface area contributed by atoms with E-state index in [-0.39, 0.29) is 12.1 Å². The first-order valence-electron chi connectivity index (χ1n) is 9.37. The van der Waals surface area contributed by atoms with Crippen LogP contribution in [-0.2, 0) is 9.53 Å². The third-order valence-electron chi connectivity index (χ3n) is 4.79. The molecule has 0 amide bonds. The molecule has 2 aromatic rings. The minimum absolute atomic E-state index is 0.227. The van der Waals surface area contributed by atoms with Crippen LogP contribution in [0.15, 0.2) is 35.5 Å². The van der Waals surface area contributed by atoms with E-state index in [1.807, 2.05) is 32.9 Å². The van der Waals surface area contributed by atoms with Gasteiger partial charge in [-0.2, -0.15) is 0 Å². The number of aromatic nitrogens is 2. The van der Waals surface area contributed by atoms with Crippen LogP contribution in [0.1, 0.15) is 63.1 Å². The zero-order valence-corrected chi connectivity index (χ0v) is 17.6. The number of anilines is 2.